The van der Waals surface area contributed by atoms with Gasteiger partial charge in [-0.25, -0.2) is 4.68 Å². The third-order valence-electron chi connectivity index (χ3n) is 5.80. The highest BCUT2D eigenvalue weighted by Crippen LogP contribution is 2.36. The van der Waals surface area contributed by atoms with Crippen molar-refractivity contribution in [3.05, 3.63) is 104 Å². The summed E-state index contributed by atoms with van der Waals surface area (Å²) in [4.78, 5) is 11.3. The number of nitro benzene ring substituents is 1. The largest absolute Gasteiger partial charge is 0.487 e. The zero-order chi connectivity index (χ0) is 27.8. The van der Waals surface area contributed by atoms with Crippen LogP contribution >= 0.6 is 23.2 Å². The quantitative estimate of drug-likeness (QED) is 0.174. The minimum Gasteiger partial charge on any atom is -0.487 e. The Bertz CT molecular complexity index is 1470. The summed E-state index contributed by atoms with van der Waals surface area (Å²) in [6.07, 6.45) is -4.68. The summed E-state index contributed by atoms with van der Waals surface area (Å²) in [5.74, 6) is 0.376. The molecule has 1 heterocycles. The standard InChI is InChI=1S/C27H22Cl2F3N3O3/c1-26(2,3)20-12-9-17(13-23(20)35(36)37)16-7-10-19(11-8-16)38-15-18-14-24(27(30,31)32)33-34(18)25-21(28)5-4-6-22(25)29/h4-14H,15H2,1-3H3. The molecular formula is C27H22Cl2F3N3O3. The summed E-state index contributed by atoms with van der Waals surface area (Å²) in [5, 5.41) is 15.6. The van der Waals surface area contributed by atoms with Crippen LogP contribution in [0.15, 0.2) is 66.7 Å². The number of benzene rings is 3. The molecule has 0 bridgehead atoms. The Morgan fingerprint density at radius 1 is 0.947 bits per heavy atom. The first-order valence-electron chi connectivity index (χ1n) is 11.4. The molecule has 198 valence electrons. The molecule has 0 saturated heterocycles. The van der Waals surface area contributed by atoms with Gasteiger partial charge in [-0.1, -0.05) is 74.3 Å². The van der Waals surface area contributed by atoms with E-state index in [1.807, 2.05) is 26.8 Å². The number of rotatable bonds is 6. The van der Waals surface area contributed by atoms with E-state index >= 15 is 0 Å². The summed E-state index contributed by atoms with van der Waals surface area (Å²) in [7, 11) is 0. The third kappa shape index (κ3) is 5.79. The molecule has 0 aliphatic rings. The number of halogens is 5. The monoisotopic (exact) mass is 563 g/mol. The first-order valence-corrected chi connectivity index (χ1v) is 12.1. The minimum atomic E-state index is -4.68. The first-order chi connectivity index (χ1) is 17.8. The zero-order valence-corrected chi connectivity index (χ0v) is 22.0. The van der Waals surface area contributed by atoms with E-state index in [9.17, 15) is 23.3 Å². The molecule has 0 atom stereocenters. The number of hydrogen-bond donors (Lipinski definition) is 0. The fraction of sp³-hybridized carbons (Fsp3) is 0.222. The summed E-state index contributed by atoms with van der Waals surface area (Å²) >= 11 is 12.4. The maximum Gasteiger partial charge on any atom is 0.435 e. The van der Waals surface area contributed by atoms with Crippen molar-refractivity contribution in [2.75, 3.05) is 0 Å². The Morgan fingerprint density at radius 3 is 2.11 bits per heavy atom. The lowest BCUT2D eigenvalue weighted by molar-refractivity contribution is -0.385. The van der Waals surface area contributed by atoms with E-state index in [1.165, 1.54) is 18.2 Å². The Morgan fingerprint density at radius 2 is 1.55 bits per heavy atom. The molecule has 0 saturated carbocycles. The van der Waals surface area contributed by atoms with Crippen molar-refractivity contribution in [3.63, 3.8) is 0 Å². The molecule has 0 radical (unpaired) electrons. The Hall–Kier alpha value is -3.56. The predicted molar refractivity (Wildman–Crippen MR) is 140 cm³/mol. The second kappa shape index (κ2) is 10.3. The van der Waals surface area contributed by atoms with Gasteiger partial charge in [0.05, 0.1) is 20.7 Å². The van der Waals surface area contributed by atoms with E-state index < -0.39 is 22.2 Å². The number of aromatic nitrogens is 2. The van der Waals surface area contributed by atoms with Gasteiger partial charge < -0.3 is 4.74 Å². The van der Waals surface area contributed by atoms with Crippen LogP contribution in [-0.2, 0) is 18.2 Å². The second-order valence-electron chi connectivity index (χ2n) is 9.55. The third-order valence-corrected chi connectivity index (χ3v) is 6.41. The lowest BCUT2D eigenvalue weighted by Gasteiger charge is -2.19. The van der Waals surface area contributed by atoms with Gasteiger partial charge in [-0.3, -0.25) is 10.1 Å². The number of para-hydroxylation sites is 1. The molecule has 38 heavy (non-hydrogen) atoms. The van der Waals surface area contributed by atoms with E-state index in [4.69, 9.17) is 27.9 Å². The Labute approximate surface area is 226 Å². The van der Waals surface area contributed by atoms with Crippen LogP contribution < -0.4 is 4.74 Å². The van der Waals surface area contributed by atoms with Crippen LogP contribution in [0.2, 0.25) is 10.0 Å². The van der Waals surface area contributed by atoms with Crippen LogP contribution in [-0.4, -0.2) is 14.7 Å². The molecule has 1 aromatic heterocycles. The Balaban J connectivity index is 1.60. The minimum absolute atomic E-state index is 0.0299. The number of ether oxygens (including phenoxy) is 1. The highest BCUT2D eigenvalue weighted by atomic mass is 35.5. The summed E-state index contributed by atoms with van der Waals surface area (Å²) in [6.45, 7) is 5.47. The molecule has 4 aromatic rings. The maximum atomic E-state index is 13.4. The molecule has 0 aliphatic carbocycles. The van der Waals surface area contributed by atoms with Crippen molar-refractivity contribution >= 4 is 28.9 Å². The second-order valence-corrected chi connectivity index (χ2v) is 10.4. The molecule has 0 N–H and O–H groups in total. The van der Waals surface area contributed by atoms with E-state index in [0.717, 1.165) is 10.7 Å². The highest BCUT2D eigenvalue weighted by molar-refractivity contribution is 6.37. The lowest BCUT2D eigenvalue weighted by atomic mass is 9.84. The van der Waals surface area contributed by atoms with Gasteiger partial charge in [-0.2, -0.15) is 18.3 Å². The SMILES string of the molecule is CC(C)(C)c1ccc(-c2ccc(OCc3cc(C(F)(F)F)nn3-c3c(Cl)cccc3Cl)cc2)cc1[N+](=O)[O-]. The molecule has 0 aliphatic heterocycles. The molecule has 6 nitrogen and oxygen atoms in total. The van der Waals surface area contributed by atoms with Crippen molar-refractivity contribution in [2.24, 2.45) is 0 Å². The van der Waals surface area contributed by atoms with Gasteiger partial charge in [0.2, 0.25) is 0 Å². The molecule has 11 heteroatoms. The molecule has 0 amide bonds. The molecule has 0 fully saturated rings. The fourth-order valence-electron chi connectivity index (χ4n) is 3.94. The van der Waals surface area contributed by atoms with Crippen LogP contribution in [0.4, 0.5) is 18.9 Å². The first kappa shape index (κ1) is 27.5. The van der Waals surface area contributed by atoms with Crippen molar-refractivity contribution in [1.82, 2.24) is 9.78 Å². The lowest BCUT2D eigenvalue weighted by Crippen LogP contribution is -2.13. The van der Waals surface area contributed by atoms with Gasteiger partial charge in [0.25, 0.3) is 5.69 Å². The van der Waals surface area contributed by atoms with Crippen LogP contribution in [0, 0.1) is 10.1 Å². The van der Waals surface area contributed by atoms with Crippen LogP contribution in [0.25, 0.3) is 16.8 Å². The zero-order valence-electron chi connectivity index (χ0n) is 20.5. The number of alkyl halides is 3. The van der Waals surface area contributed by atoms with Crippen molar-refractivity contribution in [1.29, 1.82) is 0 Å². The van der Waals surface area contributed by atoms with Crippen LogP contribution in [0.5, 0.6) is 5.75 Å². The van der Waals surface area contributed by atoms with Crippen LogP contribution in [0.1, 0.15) is 37.7 Å². The van der Waals surface area contributed by atoms with Gasteiger partial charge in [-0.15, -0.1) is 0 Å². The highest BCUT2D eigenvalue weighted by Gasteiger charge is 2.35. The maximum absolute atomic E-state index is 13.4. The molecule has 4 rings (SSSR count). The smallest absolute Gasteiger partial charge is 0.435 e. The molecule has 0 spiro atoms. The van der Waals surface area contributed by atoms with E-state index in [2.05, 4.69) is 5.10 Å². The molecule has 0 unspecified atom stereocenters. The fourth-order valence-corrected chi connectivity index (χ4v) is 4.50. The number of nitrogens with zero attached hydrogens (tertiary/aromatic N) is 3. The topological polar surface area (TPSA) is 70.2 Å². The van der Waals surface area contributed by atoms with Gasteiger partial charge in [0.15, 0.2) is 5.69 Å². The van der Waals surface area contributed by atoms with E-state index in [-0.39, 0.29) is 33.7 Å². The summed E-state index contributed by atoms with van der Waals surface area (Å²) in [6, 6.07) is 17.2. The summed E-state index contributed by atoms with van der Waals surface area (Å²) in [5.41, 5.74) is 0.714. The van der Waals surface area contributed by atoms with Gasteiger partial charge in [0.1, 0.15) is 18.0 Å². The number of nitro groups is 1. The van der Waals surface area contributed by atoms with E-state index in [0.29, 0.717) is 22.4 Å². The number of hydrogen-bond acceptors (Lipinski definition) is 4. The van der Waals surface area contributed by atoms with Crippen LogP contribution in [0.3, 0.4) is 0 Å². The molecule has 3 aromatic carbocycles. The van der Waals surface area contributed by atoms with Crippen molar-refractivity contribution < 1.29 is 22.8 Å². The normalized spacial score (nSPS) is 12.0. The van der Waals surface area contributed by atoms with Gasteiger partial charge in [0, 0.05) is 11.6 Å². The molecular weight excluding hydrogens is 542 g/mol. The average Bonchev–Trinajstić information content (AvgIpc) is 3.26. The van der Waals surface area contributed by atoms with Gasteiger partial charge >= 0.3 is 6.18 Å². The Kier molecular flexibility index (Phi) is 7.45. The summed E-state index contributed by atoms with van der Waals surface area (Å²) < 4.78 is 47.0. The average molecular weight is 564 g/mol. The van der Waals surface area contributed by atoms with Crippen molar-refractivity contribution in [3.8, 4) is 22.6 Å². The van der Waals surface area contributed by atoms with Gasteiger partial charge in [-0.05, 0) is 46.9 Å². The predicted octanol–water partition coefficient (Wildman–Crippen LogP) is 8.65. The van der Waals surface area contributed by atoms with E-state index in [1.54, 1.807) is 36.4 Å². The van der Waals surface area contributed by atoms with Crippen molar-refractivity contribution in [2.45, 2.75) is 39.0 Å².